The summed E-state index contributed by atoms with van der Waals surface area (Å²) < 4.78 is 59.6. The Bertz CT molecular complexity index is 1310. The van der Waals surface area contributed by atoms with Crippen LogP contribution in [0.5, 0.6) is 11.5 Å². The van der Waals surface area contributed by atoms with Crippen LogP contribution in [-0.4, -0.2) is 39.4 Å². The molecule has 1 atom stereocenters. The molecule has 2 heterocycles. The number of alkyl halides is 3. The van der Waals surface area contributed by atoms with Crippen molar-refractivity contribution in [3.8, 4) is 11.5 Å². The van der Waals surface area contributed by atoms with Gasteiger partial charge in [-0.3, -0.25) is 14.6 Å². The van der Waals surface area contributed by atoms with E-state index < -0.39 is 46.7 Å². The van der Waals surface area contributed by atoms with E-state index in [1.165, 1.54) is 31.5 Å². The number of pyridine rings is 1. The molecule has 1 aromatic carbocycles. The number of aromatic nitrogens is 3. The fourth-order valence-corrected chi connectivity index (χ4v) is 3.52. The van der Waals surface area contributed by atoms with Crippen LogP contribution < -0.4 is 20.7 Å². The number of hydrogen-bond acceptors (Lipinski definition) is 7. The summed E-state index contributed by atoms with van der Waals surface area (Å²) in [5.74, 6) is -2.35. The van der Waals surface area contributed by atoms with Gasteiger partial charge >= 0.3 is 6.18 Å². The molecule has 1 aliphatic carbocycles. The van der Waals surface area contributed by atoms with Gasteiger partial charge in [-0.05, 0) is 31.9 Å². The summed E-state index contributed by atoms with van der Waals surface area (Å²) in [6.07, 6.45) is -0.180. The van der Waals surface area contributed by atoms with E-state index in [0.29, 0.717) is 18.8 Å². The fraction of sp³-hybridized carbons (Fsp3) is 0.292. The van der Waals surface area contributed by atoms with Gasteiger partial charge in [0.2, 0.25) is 11.9 Å². The smallest absolute Gasteiger partial charge is 0.419 e. The van der Waals surface area contributed by atoms with Crippen LogP contribution in [-0.2, 0) is 11.0 Å². The van der Waals surface area contributed by atoms with Crippen LogP contribution in [0.3, 0.4) is 0 Å². The fourth-order valence-electron chi connectivity index (χ4n) is 3.52. The van der Waals surface area contributed by atoms with Gasteiger partial charge in [-0.1, -0.05) is 12.1 Å². The lowest BCUT2D eigenvalue weighted by molar-refractivity contribution is -0.138. The number of halogens is 4. The molecule has 0 spiro atoms. The molecule has 2 amide bonds. The maximum absolute atomic E-state index is 14.8. The highest BCUT2D eigenvalue weighted by atomic mass is 19.4. The third-order valence-electron chi connectivity index (χ3n) is 5.70. The largest absolute Gasteiger partial charge is 0.455 e. The van der Waals surface area contributed by atoms with E-state index in [1.807, 2.05) is 0 Å². The van der Waals surface area contributed by atoms with Crippen LogP contribution in [0.25, 0.3) is 0 Å². The van der Waals surface area contributed by atoms with E-state index in [-0.39, 0.29) is 17.0 Å². The topological polar surface area (TPSA) is 118 Å². The average Bonchev–Trinajstić information content (AvgIpc) is 3.64. The first-order valence-electron chi connectivity index (χ1n) is 11.2. The lowest BCUT2D eigenvalue weighted by atomic mass is 10.1. The highest BCUT2D eigenvalue weighted by Gasteiger charge is 2.51. The Labute approximate surface area is 208 Å². The molecule has 0 aliphatic heterocycles. The molecule has 194 valence electrons. The summed E-state index contributed by atoms with van der Waals surface area (Å²) >= 11 is 0. The van der Waals surface area contributed by atoms with Gasteiger partial charge in [-0.15, -0.1) is 0 Å². The Kier molecular flexibility index (Phi) is 6.96. The number of para-hydroxylation sites is 1. The van der Waals surface area contributed by atoms with E-state index in [9.17, 15) is 27.2 Å². The van der Waals surface area contributed by atoms with Crippen LogP contribution in [0, 0.1) is 5.82 Å². The van der Waals surface area contributed by atoms with Crippen LogP contribution >= 0.6 is 0 Å². The van der Waals surface area contributed by atoms with Gasteiger partial charge in [-0.2, -0.15) is 13.2 Å². The number of nitrogens with zero attached hydrogens (tertiary/aromatic N) is 3. The Morgan fingerprint density at radius 2 is 1.76 bits per heavy atom. The second-order valence-corrected chi connectivity index (χ2v) is 8.41. The van der Waals surface area contributed by atoms with Crippen molar-refractivity contribution >= 4 is 17.8 Å². The average molecular weight is 518 g/mol. The molecule has 1 saturated carbocycles. The molecule has 1 fully saturated rings. The van der Waals surface area contributed by atoms with E-state index >= 15 is 0 Å². The van der Waals surface area contributed by atoms with E-state index in [2.05, 4.69) is 30.9 Å². The standard InChI is InChI=1S/C24H22F4N6O3/c1-13(33-21(36)23(7-8-23)34-20(35)14-10-31-22(29-2)32-11-14)19-17(25)9-15(12-30-19)37-18-6-4-3-5-16(18)24(26,27)28/h3-6,9-13H,7-8H2,1-2H3,(H,33,36)(H,34,35)(H,29,31,32)/t13-/m1/s1. The molecule has 37 heavy (non-hydrogen) atoms. The van der Waals surface area contributed by atoms with Gasteiger partial charge in [0.25, 0.3) is 5.91 Å². The van der Waals surface area contributed by atoms with Crippen molar-refractivity contribution in [1.82, 2.24) is 25.6 Å². The molecular formula is C24H22F4N6O3. The summed E-state index contributed by atoms with van der Waals surface area (Å²) in [6.45, 7) is 1.49. The molecule has 0 bridgehead atoms. The highest BCUT2D eigenvalue weighted by molar-refractivity contribution is 6.00. The zero-order chi connectivity index (χ0) is 26.8. The first-order chi connectivity index (χ1) is 17.5. The first-order valence-corrected chi connectivity index (χ1v) is 11.2. The summed E-state index contributed by atoms with van der Waals surface area (Å²) in [5.41, 5.74) is -2.15. The van der Waals surface area contributed by atoms with E-state index in [4.69, 9.17) is 4.74 Å². The molecule has 2 aromatic heterocycles. The predicted molar refractivity (Wildman–Crippen MR) is 123 cm³/mol. The molecule has 9 nitrogen and oxygen atoms in total. The first kappa shape index (κ1) is 25.8. The number of carbonyl (C=O) groups is 2. The van der Waals surface area contributed by atoms with E-state index in [1.54, 1.807) is 7.05 Å². The second-order valence-electron chi connectivity index (χ2n) is 8.41. The number of benzene rings is 1. The van der Waals surface area contributed by atoms with Gasteiger partial charge in [-0.25, -0.2) is 14.4 Å². The van der Waals surface area contributed by atoms with Crippen molar-refractivity contribution in [3.63, 3.8) is 0 Å². The van der Waals surface area contributed by atoms with Gasteiger partial charge in [0.05, 0.1) is 29.1 Å². The summed E-state index contributed by atoms with van der Waals surface area (Å²) in [7, 11) is 1.63. The van der Waals surface area contributed by atoms with Crippen molar-refractivity contribution in [3.05, 3.63) is 71.6 Å². The minimum atomic E-state index is -4.65. The Hall–Kier alpha value is -4.29. The van der Waals surface area contributed by atoms with Crippen molar-refractivity contribution in [1.29, 1.82) is 0 Å². The zero-order valence-electron chi connectivity index (χ0n) is 19.7. The normalized spacial score (nSPS) is 14.9. The summed E-state index contributed by atoms with van der Waals surface area (Å²) in [4.78, 5) is 37.3. The van der Waals surface area contributed by atoms with Gasteiger partial charge in [0.1, 0.15) is 17.0 Å². The number of hydrogen-bond donors (Lipinski definition) is 3. The van der Waals surface area contributed by atoms with Crippen LogP contribution in [0.15, 0.2) is 48.9 Å². The second kappa shape index (κ2) is 9.99. The maximum Gasteiger partial charge on any atom is 0.419 e. The molecule has 0 radical (unpaired) electrons. The molecule has 4 rings (SSSR count). The van der Waals surface area contributed by atoms with Crippen molar-refractivity contribution in [2.75, 3.05) is 12.4 Å². The zero-order valence-corrected chi connectivity index (χ0v) is 19.7. The molecule has 1 aliphatic rings. The molecule has 3 N–H and O–H groups in total. The lowest BCUT2D eigenvalue weighted by Gasteiger charge is -2.21. The molecular weight excluding hydrogens is 496 g/mol. The minimum Gasteiger partial charge on any atom is -0.455 e. The SMILES string of the molecule is CNc1ncc(C(=O)NC2(C(=O)N[C@H](C)c3ncc(Oc4ccccc4C(F)(F)F)cc3F)CC2)cn1. The minimum absolute atomic E-state index is 0.150. The number of amides is 2. The molecule has 13 heteroatoms. The lowest BCUT2D eigenvalue weighted by Crippen LogP contribution is -2.49. The number of anilines is 1. The van der Waals surface area contributed by atoms with Crippen molar-refractivity contribution in [2.45, 2.75) is 37.5 Å². The van der Waals surface area contributed by atoms with Crippen LogP contribution in [0.1, 0.15) is 47.4 Å². The van der Waals surface area contributed by atoms with Gasteiger partial charge in [0, 0.05) is 25.5 Å². The highest BCUT2D eigenvalue weighted by Crippen LogP contribution is 2.39. The van der Waals surface area contributed by atoms with Gasteiger partial charge in [0.15, 0.2) is 5.82 Å². The molecule has 0 unspecified atom stereocenters. The van der Waals surface area contributed by atoms with Gasteiger partial charge < -0.3 is 20.7 Å². The molecule has 3 aromatic rings. The number of rotatable bonds is 8. The molecule has 0 saturated heterocycles. The predicted octanol–water partition coefficient (Wildman–Crippen LogP) is 4.00. The van der Waals surface area contributed by atoms with Crippen LogP contribution in [0.2, 0.25) is 0 Å². The van der Waals surface area contributed by atoms with E-state index in [0.717, 1.165) is 24.4 Å². The number of ether oxygens (including phenoxy) is 1. The van der Waals surface area contributed by atoms with Crippen molar-refractivity contribution in [2.24, 2.45) is 0 Å². The summed E-state index contributed by atoms with van der Waals surface area (Å²) in [6, 6.07) is 4.52. The Morgan fingerprint density at radius 1 is 1.08 bits per heavy atom. The summed E-state index contributed by atoms with van der Waals surface area (Å²) in [5, 5.41) is 8.02. The van der Waals surface area contributed by atoms with Crippen molar-refractivity contribution < 1.29 is 31.9 Å². The monoisotopic (exact) mass is 518 g/mol. The number of nitrogens with one attached hydrogen (secondary N) is 3. The third-order valence-corrected chi connectivity index (χ3v) is 5.70. The Balaban J connectivity index is 1.41. The maximum atomic E-state index is 14.8. The quantitative estimate of drug-likeness (QED) is 0.386. The third kappa shape index (κ3) is 5.76. The van der Waals surface area contributed by atoms with Crippen LogP contribution in [0.4, 0.5) is 23.5 Å². The Morgan fingerprint density at radius 3 is 2.35 bits per heavy atom. The number of carbonyl (C=O) groups excluding carboxylic acids is 2.